The quantitative estimate of drug-likeness (QED) is 0.228. The van der Waals surface area contributed by atoms with Crippen LogP contribution in [0.4, 0.5) is 0 Å². The first-order valence-electron chi connectivity index (χ1n) is 19.3. The zero-order valence-electron chi connectivity index (χ0n) is 30.7. The van der Waals surface area contributed by atoms with E-state index in [2.05, 4.69) is 39.9 Å². The highest BCUT2D eigenvalue weighted by molar-refractivity contribution is 5.77. The van der Waals surface area contributed by atoms with Crippen molar-refractivity contribution in [1.82, 2.24) is 5.32 Å². The monoisotopic (exact) mass is 654 g/mol. The third-order valence-electron chi connectivity index (χ3n) is 16.4. The summed E-state index contributed by atoms with van der Waals surface area (Å²) in [7, 11) is 0. The Kier molecular flexibility index (Phi) is 8.99. The van der Waals surface area contributed by atoms with E-state index in [0.29, 0.717) is 30.1 Å². The number of ether oxygens (including phenoxy) is 1. The maximum absolute atomic E-state index is 13.5. The number of carboxylic acids is 1. The molecule has 0 saturated heterocycles. The van der Waals surface area contributed by atoms with E-state index in [-0.39, 0.29) is 70.0 Å². The number of carbonyl (C=O) groups is 3. The molecule has 6 aliphatic rings. The fourth-order valence-electron chi connectivity index (χ4n) is 14.0. The van der Waals surface area contributed by atoms with Crippen LogP contribution in [0, 0.1) is 56.2 Å². The van der Waals surface area contributed by atoms with Crippen molar-refractivity contribution in [3.63, 3.8) is 0 Å². The molecule has 6 rings (SSSR count). The number of hydrogen-bond acceptors (Lipinski definition) is 5. The highest BCUT2D eigenvalue weighted by Gasteiger charge is 2.70. The molecule has 47 heavy (non-hydrogen) atoms. The average Bonchev–Trinajstić information content (AvgIpc) is 3.55. The molecule has 0 aromatic carbocycles. The molecule has 0 spiro atoms. The topological polar surface area (TPSA) is 119 Å². The first kappa shape index (κ1) is 35.2. The molecule has 6 fully saturated rings. The van der Waals surface area contributed by atoms with Gasteiger partial charge in [-0.05, 0) is 134 Å². The van der Waals surface area contributed by atoms with Crippen molar-refractivity contribution in [1.29, 1.82) is 0 Å². The second kappa shape index (κ2) is 12.0. The minimum atomic E-state index is -0.878. The number of nitrogens with two attached hydrogens (primary N) is 1. The molecule has 0 aliphatic heterocycles. The van der Waals surface area contributed by atoms with Gasteiger partial charge in [-0.2, -0.15) is 0 Å². The van der Waals surface area contributed by atoms with Crippen LogP contribution in [-0.2, 0) is 19.1 Å². The molecular formula is C40H66N2O5. The van der Waals surface area contributed by atoms with Gasteiger partial charge >= 0.3 is 11.9 Å². The Labute approximate surface area is 284 Å². The van der Waals surface area contributed by atoms with Crippen LogP contribution >= 0.6 is 0 Å². The Morgan fingerprint density at radius 3 is 2.23 bits per heavy atom. The van der Waals surface area contributed by atoms with E-state index in [4.69, 9.17) is 10.5 Å². The van der Waals surface area contributed by atoms with Gasteiger partial charge in [0.15, 0.2) is 0 Å². The second-order valence-corrected chi connectivity index (χ2v) is 19.8. The molecule has 6 saturated carbocycles. The summed E-state index contributed by atoms with van der Waals surface area (Å²) in [6.45, 7) is 16.3. The molecule has 7 nitrogen and oxygen atoms in total. The van der Waals surface area contributed by atoms with Gasteiger partial charge < -0.3 is 20.9 Å². The molecular weight excluding hydrogens is 588 g/mol. The lowest BCUT2D eigenvalue weighted by Crippen LogP contribution is -2.66. The standard InChI is InChI=1S/C40H66N2O5/c1-35(2,23-33(44)45)24-34(46)47-31-15-17-37(5)29(36(31,3)4)14-18-39(7)30(37)13-12-27-28-9-8-16-40(28,20-19-38(27,39)6)22-32(43)42-26-11-10-25(41)21-26/h25-31H,8-24,41H2,1-7H3,(H,42,43)(H,44,45)/t25-,26+,27-,28-,29?,30?,31+,37+,38-,39-,40-/m1/s1. The maximum atomic E-state index is 13.5. The highest BCUT2D eigenvalue weighted by Crippen LogP contribution is 2.77. The normalized spacial score (nSPS) is 45.6. The predicted molar refractivity (Wildman–Crippen MR) is 184 cm³/mol. The van der Waals surface area contributed by atoms with Gasteiger partial charge in [0.2, 0.25) is 5.91 Å². The average molecular weight is 655 g/mol. The Morgan fingerprint density at radius 1 is 0.809 bits per heavy atom. The number of nitrogens with one attached hydrogen (secondary N) is 1. The second-order valence-electron chi connectivity index (χ2n) is 19.8. The van der Waals surface area contributed by atoms with Gasteiger partial charge in [-0.3, -0.25) is 14.4 Å². The molecule has 1 amide bonds. The Balaban J connectivity index is 1.17. The van der Waals surface area contributed by atoms with Gasteiger partial charge in [0, 0.05) is 23.9 Å². The highest BCUT2D eigenvalue weighted by atomic mass is 16.5. The van der Waals surface area contributed by atoms with Gasteiger partial charge in [-0.1, -0.05) is 54.9 Å². The minimum absolute atomic E-state index is 0.0400. The fraction of sp³-hybridized carbons (Fsp3) is 0.925. The summed E-state index contributed by atoms with van der Waals surface area (Å²) in [6, 6.07) is 0.499. The van der Waals surface area contributed by atoms with Gasteiger partial charge in [0.25, 0.3) is 0 Å². The van der Waals surface area contributed by atoms with Crippen LogP contribution in [0.2, 0.25) is 0 Å². The van der Waals surface area contributed by atoms with Crippen molar-refractivity contribution in [2.75, 3.05) is 0 Å². The molecule has 11 atom stereocenters. The summed E-state index contributed by atoms with van der Waals surface area (Å²) in [5, 5.41) is 12.7. The van der Waals surface area contributed by atoms with Crippen LogP contribution in [0.1, 0.15) is 158 Å². The number of hydrogen-bond donors (Lipinski definition) is 3. The third kappa shape index (κ3) is 5.88. The molecule has 4 N–H and O–H groups in total. The van der Waals surface area contributed by atoms with Crippen molar-refractivity contribution in [2.45, 2.75) is 176 Å². The van der Waals surface area contributed by atoms with Crippen molar-refractivity contribution < 1.29 is 24.2 Å². The molecule has 0 aromatic rings. The molecule has 0 radical (unpaired) electrons. The number of amides is 1. The van der Waals surface area contributed by atoms with E-state index in [0.717, 1.165) is 32.1 Å². The van der Waals surface area contributed by atoms with Gasteiger partial charge in [0.05, 0.1) is 12.8 Å². The van der Waals surface area contributed by atoms with Crippen molar-refractivity contribution in [3.05, 3.63) is 0 Å². The van der Waals surface area contributed by atoms with Crippen LogP contribution < -0.4 is 11.1 Å². The molecule has 0 bridgehead atoms. The van der Waals surface area contributed by atoms with Crippen LogP contribution in [0.5, 0.6) is 0 Å². The van der Waals surface area contributed by atoms with Gasteiger partial charge in [0.1, 0.15) is 6.10 Å². The van der Waals surface area contributed by atoms with Crippen LogP contribution in [-0.4, -0.2) is 41.1 Å². The van der Waals surface area contributed by atoms with Gasteiger partial charge in [-0.25, -0.2) is 0 Å². The van der Waals surface area contributed by atoms with E-state index in [1.807, 2.05) is 13.8 Å². The van der Waals surface area contributed by atoms with Crippen LogP contribution in [0.15, 0.2) is 0 Å². The minimum Gasteiger partial charge on any atom is -0.481 e. The number of rotatable bonds is 8. The summed E-state index contributed by atoms with van der Waals surface area (Å²) < 4.78 is 6.25. The van der Waals surface area contributed by atoms with Crippen molar-refractivity contribution in [2.24, 2.45) is 61.9 Å². The number of carboxylic acid groups (broad SMARTS) is 1. The summed E-state index contributed by atoms with van der Waals surface area (Å²) in [5.41, 5.74) is 6.31. The molecule has 2 unspecified atom stereocenters. The van der Waals surface area contributed by atoms with E-state index < -0.39 is 11.4 Å². The van der Waals surface area contributed by atoms with Crippen LogP contribution in [0.25, 0.3) is 0 Å². The number of esters is 1. The SMILES string of the molecule is CC(C)(CC(=O)O)CC(=O)O[C@H]1CC[C@@]2(C)C(CC[C@]3(C)C2CC[C@@H]2[C@H]4CCC[C@]4(CC(=O)N[C@H]4CC[C@@H](N)C4)CC[C@]23C)C1(C)C. The Hall–Kier alpha value is -1.63. The van der Waals surface area contributed by atoms with Gasteiger partial charge in [-0.15, -0.1) is 0 Å². The number of carbonyl (C=O) groups excluding carboxylic acids is 2. The summed E-state index contributed by atoms with van der Waals surface area (Å²) in [6.07, 6.45) is 16.7. The summed E-state index contributed by atoms with van der Waals surface area (Å²) >= 11 is 0. The summed E-state index contributed by atoms with van der Waals surface area (Å²) in [5.74, 6) is 1.60. The molecule has 266 valence electrons. The maximum Gasteiger partial charge on any atom is 0.306 e. The molecule has 7 heteroatoms. The Morgan fingerprint density at radius 2 is 1.55 bits per heavy atom. The predicted octanol–water partition coefficient (Wildman–Crippen LogP) is 8.03. The van der Waals surface area contributed by atoms with E-state index >= 15 is 0 Å². The van der Waals surface area contributed by atoms with E-state index in [1.165, 1.54) is 57.8 Å². The fourth-order valence-corrected chi connectivity index (χ4v) is 14.0. The smallest absolute Gasteiger partial charge is 0.306 e. The molecule has 0 heterocycles. The zero-order chi connectivity index (χ0) is 34.2. The third-order valence-corrected chi connectivity index (χ3v) is 16.4. The lowest BCUT2D eigenvalue weighted by atomic mass is 9.32. The van der Waals surface area contributed by atoms with Crippen LogP contribution in [0.3, 0.4) is 0 Å². The van der Waals surface area contributed by atoms with Crippen molar-refractivity contribution in [3.8, 4) is 0 Å². The van der Waals surface area contributed by atoms with Crippen molar-refractivity contribution >= 4 is 17.8 Å². The Bertz CT molecular complexity index is 1250. The first-order valence-corrected chi connectivity index (χ1v) is 19.3. The first-order chi connectivity index (χ1) is 21.9. The number of aliphatic carboxylic acids is 1. The summed E-state index contributed by atoms with van der Waals surface area (Å²) in [4.78, 5) is 38.0. The zero-order valence-corrected chi connectivity index (χ0v) is 30.7. The molecule has 0 aromatic heterocycles. The van der Waals surface area contributed by atoms with E-state index in [9.17, 15) is 19.5 Å². The lowest BCUT2D eigenvalue weighted by Gasteiger charge is -2.72. The molecule has 6 aliphatic carbocycles. The van der Waals surface area contributed by atoms with E-state index in [1.54, 1.807) is 0 Å². The lowest BCUT2D eigenvalue weighted by molar-refractivity contribution is -0.248. The largest absolute Gasteiger partial charge is 0.481 e. The number of fused-ring (bicyclic) bond motifs is 7.